The first-order chi connectivity index (χ1) is 16.2. The van der Waals surface area contributed by atoms with Crippen LogP contribution in [0.25, 0.3) is 0 Å². The number of halogens is 2. The van der Waals surface area contributed by atoms with Gasteiger partial charge >= 0.3 is 6.11 Å². The van der Waals surface area contributed by atoms with Gasteiger partial charge < -0.3 is 14.8 Å². The van der Waals surface area contributed by atoms with Gasteiger partial charge in [0.1, 0.15) is 23.6 Å². The number of benzene rings is 2. The van der Waals surface area contributed by atoms with Crippen molar-refractivity contribution in [1.82, 2.24) is 15.3 Å². The van der Waals surface area contributed by atoms with Crippen molar-refractivity contribution in [1.29, 1.82) is 0 Å². The molecule has 1 amide bonds. The van der Waals surface area contributed by atoms with E-state index in [-0.39, 0.29) is 23.9 Å². The van der Waals surface area contributed by atoms with E-state index in [1.807, 2.05) is 12.1 Å². The SMILES string of the molecule is CC(F)(F)Oc1ccc(Oc2ccc(CNC(=O)C3(CC(=O)c4cncnc4)CC3)cc2)cc1. The Hall–Kier alpha value is -3.88. The van der Waals surface area contributed by atoms with Gasteiger partial charge in [0.2, 0.25) is 5.91 Å². The second kappa shape index (κ2) is 9.54. The van der Waals surface area contributed by atoms with Gasteiger partial charge in [-0.1, -0.05) is 12.1 Å². The van der Waals surface area contributed by atoms with Gasteiger partial charge in [-0.2, -0.15) is 8.78 Å². The predicted octanol–water partition coefficient (Wildman–Crippen LogP) is 4.93. The number of carbonyl (C=O) groups is 2. The van der Waals surface area contributed by atoms with Crippen molar-refractivity contribution >= 4 is 11.7 Å². The Bertz CT molecular complexity index is 1140. The van der Waals surface area contributed by atoms with Gasteiger partial charge in [-0.05, 0) is 54.8 Å². The molecule has 9 heteroatoms. The molecule has 1 saturated carbocycles. The fraction of sp³-hybridized carbons (Fsp3) is 0.280. The minimum atomic E-state index is -3.25. The fourth-order valence-corrected chi connectivity index (χ4v) is 3.45. The molecule has 0 unspecified atom stereocenters. The summed E-state index contributed by atoms with van der Waals surface area (Å²) in [5, 5.41) is 2.91. The van der Waals surface area contributed by atoms with E-state index in [0.29, 0.717) is 43.4 Å². The zero-order chi connectivity index (χ0) is 24.2. The van der Waals surface area contributed by atoms with Crippen molar-refractivity contribution in [3.8, 4) is 17.2 Å². The number of nitrogens with one attached hydrogen (secondary N) is 1. The van der Waals surface area contributed by atoms with Crippen molar-refractivity contribution in [3.05, 3.63) is 78.4 Å². The lowest BCUT2D eigenvalue weighted by Gasteiger charge is -2.15. The molecule has 1 aromatic heterocycles. The Balaban J connectivity index is 1.27. The largest absolute Gasteiger partial charge is 0.457 e. The number of ether oxygens (including phenoxy) is 2. The first-order valence-corrected chi connectivity index (χ1v) is 10.7. The number of alkyl halides is 2. The van der Waals surface area contributed by atoms with Gasteiger partial charge in [0, 0.05) is 32.3 Å². The molecule has 0 atom stereocenters. The van der Waals surface area contributed by atoms with Crippen LogP contribution in [0.3, 0.4) is 0 Å². The maximum absolute atomic E-state index is 12.9. The van der Waals surface area contributed by atoms with Gasteiger partial charge in [-0.25, -0.2) is 9.97 Å². The van der Waals surface area contributed by atoms with E-state index in [1.54, 1.807) is 12.1 Å². The van der Waals surface area contributed by atoms with E-state index in [0.717, 1.165) is 5.56 Å². The van der Waals surface area contributed by atoms with Crippen molar-refractivity contribution < 1.29 is 27.8 Å². The molecule has 1 aliphatic carbocycles. The van der Waals surface area contributed by atoms with Crippen LogP contribution in [0.5, 0.6) is 17.2 Å². The second-order valence-corrected chi connectivity index (χ2v) is 8.32. The normalized spacial score (nSPS) is 14.2. The minimum Gasteiger partial charge on any atom is -0.457 e. The average molecular weight is 467 g/mol. The smallest absolute Gasteiger partial charge is 0.394 e. The molecule has 3 aromatic rings. The molecule has 1 N–H and O–H groups in total. The summed E-state index contributed by atoms with van der Waals surface area (Å²) in [6.07, 6.45) is 2.50. The molecule has 1 heterocycles. The summed E-state index contributed by atoms with van der Waals surface area (Å²) in [7, 11) is 0. The first kappa shape index (κ1) is 23.3. The van der Waals surface area contributed by atoms with E-state index in [9.17, 15) is 18.4 Å². The maximum Gasteiger partial charge on any atom is 0.394 e. The summed E-state index contributed by atoms with van der Waals surface area (Å²) >= 11 is 0. The first-order valence-electron chi connectivity index (χ1n) is 10.7. The van der Waals surface area contributed by atoms with E-state index in [1.165, 1.54) is 43.0 Å². The lowest BCUT2D eigenvalue weighted by Crippen LogP contribution is -2.33. The molecule has 1 fully saturated rings. The minimum absolute atomic E-state index is 0.0400. The number of rotatable bonds is 10. The fourth-order valence-electron chi connectivity index (χ4n) is 3.45. The van der Waals surface area contributed by atoms with Crippen LogP contribution in [-0.2, 0) is 11.3 Å². The van der Waals surface area contributed by atoms with Gasteiger partial charge in [-0.3, -0.25) is 9.59 Å². The Morgan fingerprint density at radius 3 is 2.09 bits per heavy atom. The van der Waals surface area contributed by atoms with E-state index < -0.39 is 11.5 Å². The Morgan fingerprint density at radius 2 is 1.53 bits per heavy atom. The molecule has 0 bridgehead atoms. The Morgan fingerprint density at radius 1 is 0.971 bits per heavy atom. The second-order valence-electron chi connectivity index (χ2n) is 8.32. The zero-order valence-corrected chi connectivity index (χ0v) is 18.5. The predicted molar refractivity (Wildman–Crippen MR) is 119 cm³/mol. The van der Waals surface area contributed by atoms with Gasteiger partial charge in [0.15, 0.2) is 5.78 Å². The van der Waals surface area contributed by atoms with Crippen LogP contribution in [0, 0.1) is 5.41 Å². The highest BCUT2D eigenvalue weighted by Crippen LogP contribution is 2.49. The van der Waals surface area contributed by atoms with Crippen molar-refractivity contribution in [2.45, 2.75) is 38.8 Å². The summed E-state index contributed by atoms with van der Waals surface area (Å²) in [5.41, 5.74) is 0.615. The number of aromatic nitrogens is 2. The monoisotopic (exact) mass is 467 g/mol. The maximum atomic E-state index is 12.9. The number of Topliss-reactive ketones (excluding diaryl/α,β-unsaturated/α-hetero) is 1. The molecule has 2 aromatic carbocycles. The topological polar surface area (TPSA) is 90.4 Å². The van der Waals surface area contributed by atoms with Crippen LogP contribution in [0.4, 0.5) is 8.78 Å². The summed E-state index contributed by atoms with van der Waals surface area (Å²) in [5.74, 6) is 0.782. The number of ketones is 1. The summed E-state index contributed by atoms with van der Waals surface area (Å²) in [6.45, 7) is 0.992. The number of amides is 1. The molecule has 0 aliphatic heterocycles. The molecule has 0 radical (unpaired) electrons. The van der Waals surface area contributed by atoms with Crippen LogP contribution in [0.2, 0.25) is 0 Å². The van der Waals surface area contributed by atoms with E-state index >= 15 is 0 Å². The third-order valence-electron chi connectivity index (χ3n) is 5.45. The number of hydrogen-bond donors (Lipinski definition) is 1. The molecule has 7 nitrogen and oxygen atoms in total. The van der Waals surface area contributed by atoms with Crippen LogP contribution in [0.1, 0.15) is 42.1 Å². The molecule has 0 spiro atoms. The summed E-state index contributed by atoms with van der Waals surface area (Å²) in [6, 6.07) is 13.0. The number of hydrogen-bond acceptors (Lipinski definition) is 6. The van der Waals surface area contributed by atoms with Crippen molar-refractivity contribution in [2.24, 2.45) is 5.41 Å². The van der Waals surface area contributed by atoms with E-state index in [2.05, 4.69) is 20.0 Å². The van der Waals surface area contributed by atoms with Crippen LogP contribution in [0.15, 0.2) is 67.3 Å². The quantitative estimate of drug-likeness (QED) is 0.425. The van der Waals surface area contributed by atoms with Gasteiger partial charge in [0.05, 0.1) is 11.0 Å². The van der Waals surface area contributed by atoms with Crippen LogP contribution < -0.4 is 14.8 Å². The molecule has 176 valence electrons. The van der Waals surface area contributed by atoms with Crippen molar-refractivity contribution in [3.63, 3.8) is 0 Å². The van der Waals surface area contributed by atoms with E-state index in [4.69, 9.17) is 4.74 Å². The molecule has 0 saturated heterocycles. The van der Waals surface area contributed by atoms with Crippen LogP contribution >= 0.6 is 0 Å². The third kappa shape index (κ3) is 6.12. The highest BCUT2D eigenvalue weighted by atomic mass is 19.3. The molecule has 1 aliphatic rings. The van der Waals surface area contributed by atoms with Gasteiger partial charge in [-0.15, -0.1) is 0 Å². The van der Waals surface area contributed by atoms with Crippen molar-refractivity contribution in [2.75, 3.05) is 0 Å². The Labute approximate surface area is 195 Å². The molecule has 34 heavy (non-hydrogen) atoms. The Kier molecular flexibility index (Phi) is 6.54. The highest BCUT2D eigenvalue weighted by Gasteiger charge is 2.51. The lowest BCUT2D eigenvalue weighted by molar-refractivity contribution is -0.159. The number of nitrogens with zero attached hydrogens (tertiary/aromatic N) is 2. The number of carbonyl (C=O) groups excluding carboxylic acids is 2. The zero-order valence-electron chi connectivity index (χ0n) is 18.5. The molecular formula is C25H23F2N3O4. The summed E-state index contributed by atoms with van der Waals surface area (Å²) in [4.78, 5) is 32.8. The molecule has 4 rings (SSSR count). The third-order valence-corrected chi connectivity index (χ3v) is 5.45. The molecular weight excluding hydrogens is 444 g/mol. The highest BCUT2D eigenvalue weighted by molar-refractivity contribution is 6.00. The van der Waals surface area contributed by atoms with Gasteiger partial charge in [0.25, 0.3) is 0 Å². The van der Waals surface area contributed by atoms with Crippen LogP contribution in [-0.4, -0.2) is 27.8 Å². The lowest BCUT2D eigenvalue weighted by atomic mass is 9.95. The average Bonchev–Trinajstić information content (AvgIpc) is 3.60. The summed E-state index contributed by atoms with van der Waals surface area (Å²) < 4.78 is 36.0. The standard InChI is InChI=1S/C25H23F2N3O4/c1-24(26,27)34-21-8-6-20(7-9-21)33-19-4-2-17(3-5-19)13-30-23(32)25(10-11-25)12-22(31)18-14-28-16-29-15-18/h2-9,14-16H,10-13H2,1H3,(H,30,32).